The summed E-state index contributed by atoms with van der Waals surface area (Å²) in [5.41, 5.74) is 0.187. The minimum atomic E-state index is -0.419. The van der Waals surface area contributed by atoms with Gasteiger partial charge in [0.25, 0.3) is 0 Å². The summed E-state index contributed by atoms with van der Waals surface area (Å²) in [5, 5.41) is 9.35. The molecule has 0 saturated carbocycles. The second-order valence-corrected chi connectivity index (χ2v) is 2.95. The zero-order valence-electron chi connectivity index (χ0n) is 7.79. The molecule has 1 aromatic carbocycles. The summed E-state index contributed by atoms with van der Waals surface area (Å²) in [4.78, 5) is 19.2. The third-order valence-electron chi connectivity index (χ3n) is 1.89. The van der Waals surface area contributed by atoms with E-state index < -0.39 is 5.43 Å². The molecule has 0 spiro atoms. The molecule has 2 aromatic rings. The Morgan fingerprint density at radius 1 is 1.07 bits per heavy atom. The molecule has 0 fully saturated rings. The van der Waals surface area contributed by atoms with Crippen LogP contribution in [0.3, 0.4) is 0 Å². The van der Waals surface area contributed by atoms with Gasteiger partial charge in [-0.25, -0.2) is 9.97 Å². The van der Waals surface area contributed by atoms with Crippen LogP contribution in [0.15, 0.2) is 47.5 Å². The van der Waals surface area contributed by atoms with Crippen molar-refractivity contribution >= 4 is 0 Å². The molecule has 0 aliphatic carbocycles. The fourth-order valence-corrected chi connectivity index (χ4v) is 1.18. The minimum absolute atomic E-state index is 0.303. The van der Waals surface area contributed by atoms with Crippen LogP contribution < -0.4 is 5.43 Å². The summed E-state index contributed by atoms with van der Waals surface area (Å²) in [6.45, 7) is 0. The van der Waals surface area contributed by atoms with Gasteiger partial charge in [-0.2, -0.15) is 0 Å². The second-order valence-electron chi connectivity index (χ2n) is 2.95. The molecule has 1 heterocycles. The van der Waals surface area contributed by atoms with Gasteiger partial charge in [-0.3, -0.25) is 4.79 Å². The third-order valence-corrected chi connectivity index (χ3v) is 1.89. The van der Waals surface area contributed by atoms with Crippen LogP contribution in [0.1, 0.15) is 0 Å². The highest BCUT2D eigenvalue weighted by molar-refractivity contribution is 5.55. The van der Waals surface area contributed by atoms with Crippen molar-refractivity contribution < 1.29 is 5.11 Å². The van der Waals surface area contributed by atoms with Gasteiger partial charge in [0.15, 0.2) is 11.6 Å². The average Bonchev–Trinajstić information content (AvgIpc) is 2.43. The molecule has 1 aromatic heterocycles. The third kappa shape index (κ3) is 1.99. The Kier molecular flexibility index (Phi) is 2.41. The average molecular weight is 200 g/mol. The van der Waals surface area contributed by atoms with Crippen LogP contribution in [-0.4, -0.2) is 15.1 Å². The van der Waals surface area contributed by atoms with Gasteiger partial charge in [-0.05, 0) is 18.2 Å². The van der Waals surface area contributed by atoms with E-state index in [4.69, 9.17) is 0 Å². The standard InChI is InChI=1S/C11H8N2O2/c14-9-4-1-3-8(7-10(9)15)11-12-5-2-6-13-11/h1-7H,(H,14,15). The van der Waals surface area contributed by atoms with Crippen LogP contribution in [0.5, 0.6) is 5.75 Å². The molecular formula is C11H8N2O2. The number of nitrogens with zero attached hydrogens (tertiary/aromatic N) is 2. The van der Waals surface area contributed by atoms with Gasteiger partial charge in [-0.15, -0.1) is 0 Å². The molecule has 15 heavy (non-hydrogen) atoms. The predicted molar refractivity (Wildman–Crippen MR) is 55.4 cm³/mol. The van der Waals surface area contributed by atoms with Crippen LogP contribution in [0.25, 0.3) is 11.4 Å². The van der Waals surface area contributed by atoms with Crippen molar-refractivity contribution in [3.8, 4) is 17.1 Å². The number of aromatic nitrogens is 2. The fourth-order valence-electron chi connectivity index (χ4n) is 1.18. The molecule has 4 heteroatoms. The summed E-state index contributed by atoms with van der Waals surface area (Å²) in [6, 6.07) is 7.59. The van der Waals surface area contributed by atoms with E-state index in [1.165, 1.54) is 12.1 Å². The van der Waals surface area contributed by atoms with E-state index in [2.05, 4.69) is 9.97 Å². The molecule has 0 radical (unpaired) electrons. The maximum absolute atomic E-state index is 11.1. The van der Waals surface area contributed by atoms with E-state index in [0.29, 0.717) is 11.4 Å². The van der Waals surface area contributed by atoms with Gasteiger partial charge >= 0.3 is 0 Å². The summed E-state index contributed by atoms with van der Waals surface area (Å²) < 4.78 is 0. The molecular weight excluding hydrogens is 192 g/mol. The van der Waals surface area contributed by atoms with Gasteiger partial charge in [-0.1, -0.05) is 12.1 Å². The van der Waals surface area contributed by atoms with Crippen LogP contribution in [0.2, 0.25) is 0 Å². The number of hydrogen-bond acceptors (Lipinski definition) is 4. The Balaban J connectivity index is 2.61. The molecule has 0 aliphatic heterocycles. The quantitative estimate of drug-likeness (QED) is 0.751. The van der Waals surface area contributed by atoms with Crippen molar-refractivity contribution in [2.45, 2.75) is 0 Å². The zero-order chi connectivity index (χ0) is 10.7. The first-order valence-corrected chi connectivity index (χ1v) is 4.38. The Morgan fingerprint density at radius 2 is 1.80 bits per heavy atom. The first-order valence-electron chi connectivity index (χ1n) is 4.38. The van der Waals surface area contributed by atoms with E-state index in [9.17, 15) is 9.90 Å². The largest absolute Gasteiger partial charge is 0.504 e. The van der Waals surface area contributed by atoms with E-state index in [1.54, 1.807) is 30.6 Å². The van der Waals surface area contributed by atoms with Gasteiger partial charge in [0.1, 0.15) is 0 Å². The van der Waals surface area contributed by atoms with Crippen LogP contribution >= 0.6 is 0 Å². The Bertz CT molecular complexity index is 526. The van der Waals surface area contributed by atoms with E-state index in [1.807, 2.05) is 0 Å². The monoisotopic (exact) mass is 200 g/mol. The van der Waals surface area contributed by atoms with Gasteiger partial charge in [0.05, 0.1) is 0 Å². The predicted octanol–water partition coefficient (Wildman–Crippen LogP) is 1.21. The summed E-state index contributed by atoms with van der Waals surface area (Å²) in [7, 11) is 0. The van der Waals surface area contributed by atoms with E-state index in [0.717, 1.165) is 0 Å². The smallest absolute Gasteiger partial charge is 0.220 e. The highest BCUT2D eigenvalue weighted by Gasteiger charge is 2.00. The van der Waals surface area contributed by atoms with Crippen molar-refractivity contribution in [2.75, 3.05) is 0 Å². The summed E-state index contributed by atoms with van der Waals surface area (Å²) in [5.74, 6) is 0.172. The van der Waals surface area contributed by atoms with Crippen molar-refractivity contribution in [1.82, 2.24) is 9.97 Å². The van der Waals surface area contributed by atoms with Crippen molar-refractivity contribution in [2.24, 2.45) is 0 Å². The van der Waals surface area contributed by atoms with Crippen LogP contribution in [-0.2, 0) is 0 Å². The molecule has 74 valence electrons. The van der Waals surface area contributed by atoms with Crippen molar-refractivity contribution in [1.29, 1.82) is 0 Å². The molecule has 1 N–H and O–H groups in total. The molecule has 0 amide bonds. The lowest BCUT2D eigenvalue weighted by atomic mass is 10.2. The molecule has 2 rings (SSSR count). The number of hydrogen-bond donors (Lipinski definition) is 1. The normalized spacial score (nSPS) is 9.87. The molecule has 4 nitrogen and oxygen atoms in total. The Morgan fingerprint density at radius 3 is 2.53 bits per heavy atom. The Labute approximate surface area is 85.9 Å². The first-order chi connectivity index (χ1) is 7.27. The molecule has 0 atom stereocenters. The number of aromatic hydroxyl groups is 1. The molecule has 0 aliphatic rings. The zero-order valence-corrected chi connectivity index (χ0v) is 7.79. The fraction of sp³-hybridized carbons (Fsp3) is 0. The lowest BCUT2D eigenvalue weighted by molar-refractivity contribution is 0.471. The van der Waals surface area contributed by atoms with Gasteiger partial charge < -0.3 is 5.11 Å². The lowest BCUT2D eigenvalue weighted by Crippen LogP contribution is -1.91. The van der Waals surface area contributed by atoms with Gasteiger partial charge in [0.2, 0.25) is 5.43 Å². The topological polar surface area (TPSA) is 63.1 Å². The van der Waals surface area contributed by atoms with E-state index in [-0.39, 0.29) is 5.75 Å². The van der Waals surface area contributed by atoms with E-state index >= 15 is 0 Å². The molecule has 0 saturated heterocycles. The summed E-state index contributed by atoms with van der Waals surface area (Å²) in [6.07, 6.45) is 3.20. The number of rotatable bonds is 1. The minimum Gasteiger partial charge on any atom is -0.504 e. The maximum Gasteiger partial charge on any atom is 0.220 e. The first kappa shape index (κ1) is 9.33. The highest BCUT2D eigenvalue weighted by atomic mass is 16.3. The Hall–Kier alpha value is -2.23. The van der Waals surface area contributed by atoms with Crippen LogP contribution in [0, 0.1) is 0 Å². The second kappa shape index (κ2) is 3.88. The van der Waals surface area contributed by atoms with Crippen molar-refractivity contribution in [3.63, 3.8) is 0 Å². The summed E-state index contributed by atoms with van der Waals surface area (Å²) >= 11 is 0. The highest BCUT2D eigenvalue weighted by Crippen LogP contribution is 2.14. The molecule has 0 bridgehead atoms. The van der Waals surface area contributed by atoms with Crippen LogP contribution in [0.4, 0.5) is 0 Å². The maximum atomic E-state index is 11.1. The van der Waals surface area contributed by atoms with Gasteiger partial charge in [0, 0.05) is 18.0 Å². The SMILES string of the molecule is O=c1cccc(-c2ncccn2)cc1O. The lowest BCUT2D eigenvalue weighted by Gasteiger charge is -1.94. The van der Waals surface area contributed by atoms with Crippen molar-refractivity contribution in [3.05, 3.63) is 52.9 Å². The molecule has 0 unspecified atom stereocenters.